The molecule has 0 radical (unpaired) electrons. The third-order valence-corrected chi connectivity index (χ3v) is 4.01. The maximum atomic E-state index is 6.26. The first-order valence-electron chi connectivity index (χ1n) is 5.46. The summed E-state index contributed by atoms with van der Waals surface area (Å²) in [5.74, 6) is 0.840. The van der Waals surface area contributed by atoms with Gasteiger partial charge in [0.25, 0.3) is 0 Å². The van der Waals surface area contributed by atoms with E-state index in [-0.39, 0.29) is 0 Å². The number of rotatable bonds is 2. The van der Waals surface area contributed by atoms with E-state index in [4.69, 9.17) is 16.3 Å². The molecule has 0 aliphatic rings. The molecule has 4 heteroatoms. The van der Waals surface area contributed by atoms with Crippen LogP contribution in [0.15, 0.2) is 41.9 Å². The zero-order valence-corrected chi connectivity index (χ0v) is 11.3. The molecule has 2 heterocycles. The lowest BCUT2D eigenvalue weighted by atomic mass is 10.1. The minimum absolute atomic E-state index is 0.735. The van der Waals surface area contributed by atoms with Crippen molar-refractivity contribution in [3.8, 4) is 16.9 Å². The molecule has 0 bridgehead atoms. The SMILES string of the molecule is COc1cccc(-c2csc3nccc(Cl)c23)c1. The monoisotopic (exact) mass is 275 g/mol. The second-order valence-electron chi connectivity index (χ2n) is 3.85. The molecular formula is C14H10ClNOS. The lowest BCUT2D eigenvalue weighted by molar-refractivity contribution is 0.415. The maximum Gasteiger partial charge on any atom is 0.125 e. The van der Waals surface area contributed by atoms with Crippen molar-refractivity contribution in [2.45, 2.75) is 0 Å². The highest BCUT2D eigenvalue weighted by Crippen LogP contribution is 2.37. The number of pyridine rings is 1. The molecule has 0 fully saturated rings. The fourth-order valence-electron chi connectivity index (χ4n) is 1.93. The van der Waals surface area contributed by atoms with Crippen LogP contribution in [0.25, 0.3) is 21.3 Å². The van der Waals surface area contributed by atoms with Gasteiger partial charge >= 0.3 is 0 Å². The molecule has 0 N–H and O–H groups in total. The van der Waals surface area contributed by atoms with Gasteiger partial charge in [0.15, 0.2) is 0 Å². The van der Waals surface area contributed by atoms with Crippen molar-refractivity contribution in [1.29, 1.82) is 0 Å². The normalized spacial score (nSPS) is 10.8. The highest BCUT2D eigenvalue weighted by Gasteiger charge is 2.10. The van der Waals surface area contributed by atoms with Crippen LogP contribution in [0, 0.1) is 0 Å². The van der Waals surface area contributed by atoms with Crippen LogP contribution in [0.4, 0.5) is 0 Å². The van der Waals surface area contributed by atoms with Crippen LogP contribution in [0.5, 0.6) is 5.75 Å². The summed E-state index contributed by atoms with van der Waals surface area (Å²) < 4.78 is 5.25. The molecule has 0 saturated heterocycles. The first-order valence-corrected chi connectivity index (χ1v) is 6.71. The lowest BCUT2D eigenvalue weighted by Crippen LogP contribution is -1.83. The second kappa shape index (κ2) is 4.59. The Hall–Kier alpha value is -1.58. The van der Waals surface area contributed by atoms with Gasteiger partial charge in [-0.05, 0) is 23.8 Å². The van der Waals surface area contributed by atoms with Crippen molar-refractivity contribution in [1.82, 2.24) is 4.98 Å². The van der Waals surface area contributed by atoms with Gasteiger partial charge in [0.2, 0.25) is 0 Å². The van der Waals surface area contributed by atoms with Gasteiger partial charge in [-0.1, -0.05) is 23.7 Å². The summed E-state index contributed by atoms with van der Waals surface area (Å²) in [6, 6.07) is 9.78. The van der Waals surface area contributed by atoms with Gasteiger partial charge in [-0.15, -0.1) is 11.3 Å². The van der Waals surface area contributed by atoms with Crippen LogP contribution in [0.3, 0.4) is 0 Å². The Labute approximate surface area is 114 Å². The minimum atomic E-state index is 0.735. The fraction of sp³-hybridized carbons (Fsp3) is 0.0714. The third kappa shape index (κ3) is 1.85. The van der Waals surface area contributed by atoms with Gasteiger partial charge in [0, 0.05) is 22.5 Å². The van der Waals surface area contributed by atoms with Gasteiger partial charge in [0.05, 0.1) is 12.1 Å². The van der Waals surface area contributed by atoms with Crippen LogP contribution in [-0.2, 0) is 0 Å². The van der Waals surface area contributed by atoms with E-state index in [2.05, 4.69) is 10.4 Å². The quantitative estimate of drug-likeness (QED) is 0.680. The molecule has 0 aliphatic carbocycles. The van der Waals surface area contributed by atoms with Gasteiger partial charge in [-0.3, -0.25) is 0 Å². The average Bonchev–Trinajstić information content (AvgIpc) is 2.84. The van der Waals surface area contributed by atoms with Crippen LogP contribution >= 0.6 is 22.9 Å². The predicted octanol–water partition coefficient (Wildman–Crippen LogP) is 4.63. The molecule has 0 amide bonds. The summed E-state index contributed by atoms with van der Waals surface area (Å²) in [7, 11) is 1.67. The molecule has 3 rings (SSSR count). The average molecular weight is 276 g/mol. The number of benzene rings is 1. The third-order valence-electron chi connectivity index (χ3n) is 2.80. The molecule has 2 nitrogen and oxygen atoms in total. The smallest absolute Gasteiger partial charge is 0.125 e. The molecule has 0 saturated carbocycles. The number of nitrogens with zero attached hydrogens (tertiary/aromatic N) is 1. The molecule has 3 aromatic rings. The fourth-order valence-corrected chi connectivity index (χ4v) is 3.18. The number of halogens is 1. The molecule has 0 aliphatic heterocycles. The van der Waals surface area contributed by atoms with Crippen LogP contribution in [0.2, 0.25) is 5.02 Å². The molecule has 2 aromatic heterocycles. The molecule has 0 atom stereocenters. The molecule has 90 valence electrons. The van der Waals surface area contributed by atoms with Crippen LogP contribution in [0.1, 0.15) is 0 Å². The Balaban J connectivity index is 2.25. The first-order chi connectivity index (χ1) is 8.79. The molecular weight excluding hydrogens is 266 g/mol. The van der Waals surface area contributed by atoms with Crippen LogP contribution < -0.4 is 4.74 Å². The summed E-state index contributed by atoms with van der Waals surface area (Å²) in [5.41, 5.74) is 2.20. The topological polar surface area (TPSA) is 22.1 Å². The molecule has 1 aromatic carbocycles. The Morgan fingerprint density at radius 1 is 1.28 bits per heavy atom. The van der Waals surface area contributed by atoms with E-state index in [0.29, 0.717) is 0 Å². The molecule has 0 unspecified atom stereocenters. The Morgan fingerprint density at radius 3 is 3.00 bits per heavy atom. The maximum absolute atomic E-state index is 6.26. The second-order valence-corrected chi connectivity index (χ2v) is 5.12. The highest BCUT2D eigenvalue weighted by molar-refractivity contribution is 7.17. The van der Waals surface area contributed by atoms with Gasteiger partial charge in [-0.25, -0.2) is 4.98 Å². The summed E-state index contributed by atoms with van der Waals surface area (Å²) in [4.78, 5) is 5.29. The largest absolute Gasteiger partial charge is 0.497 e. The lowest BCUT2D eigenvalue weighted by Gasteiger charge is -2.04. The van der Waals surface area contributed by atoms with Gasteiger partial charge in [0.1, 0.15) is 10.6 Å². The van der Waals surface area contributed by atoms with Crippen molar-refractivity contribution in [3.63, 3.8) is 0 Å². The number of fused-ring (bicyclic) bond motifs is 1. The van der Waals surface area contributed by atoms with Crippen molar-refractivity contribution >= 4 is 33.2 Å². The van der Waals surface area contributed by atoms with E-state index in [1.807, 2.05) is 30.3 Å². The summed E-state index contributed by atoms with van der Waals surface area (Å²) in [6.45, 7) is 0. The number of thiophene rings is 1. The number of methoxy groups -OCH3 is 1. The number of hydrogen-bond donors (Lipinski definition) is 0. The van der Waals surface area contributed by atoms with E-state index in [9.17, 15) is 0 Å². The highest BCUT2D eigenvalue weighted by atomic mass is 35.5. The summed E-state index contributed by atoms with van der Waals surface area (Å²) >= 11 is 7.86. The zero-order valence-electron chi connectivity index (χ0n) is 9.68. The molecule has 18 heavy (non-hydrogen) atoms. The van der Waals surface area contributed by atoms with E-state index in [0.717, 1.165) is 32.1 Å². The minimum Gasteiger partial charge on any atom is -0.497 e. The van der Waals surface area contributed by atoms with Gasteiger partial charge < -0.3 is 4.74 Å². The van der Waals surface area contributed by atoms with E-state index in [1.165, 1.54) is 0 Å². The Morgan fingerprint density at radius 2 is 2.17 bits per heavy atom. The predicted molar refractivity (Wildman–Crippen MR) is 76.6 cm³/mol. The number of ether oxygens (including phenoxy) is 1. The van der Waals surface area contributed by atoms with Crippen molar-refractivity contribution in [2.24, 2.45) is 0 Å². The number of hydrogen-bond acceptors (Lipinski definition) is 3. The van der Waals surface area contributed by atoms with Gasteiger partial charge in [-0.2, -0.15) is 0 Å². The van der Waals surface area contributed by atoms with Crippen LogP contribution in [-0.4, -0.2) is 12.1 Å². The standard InChI is InChI=1S/C14H10ClNOS/c1-17-10-4-2-3-9(7-10)11-8-18-14-13(11)12(15)5-6-16-14/h2-8H,1H3. The van der Waals surface area contributed by atoms with E-state index >= 15 is 0 Å². The first kappa shape index (κ1) is 11.5. The Bertz CT molecular complexity index is 708. The van der Waals surface area contributed by atoms with Crippen molar-refractivity contribution < 1.29 is 4.74 Å². The summed E-state index contributed by atoms with van der Waals surface area (Å²) in [5, 5.41) is 3.83. The zero-order chi connectivity index (χ0) is 12.5. The van der Waals surface area contributed by atoms with Crippen molar-refractivity contribution in [3.05, 3.63) is 46.9 Å². The van der Waals surface area contributed by atoms with Crippen molar-refractivity contribution in [2.75, 3.05) is 7.11 Å². The Kier molecular flexibility index (Phi) is 2.94. The molecule has 0 spiro atoms. The van der Waals surface area contributed by atoms with E-state index in [1.54, 1.807) is 24.6 Å². The number of aromatic nitrogens is 1. The summed E-state index contributed by atoms with van der Waals surface area (Å²) in [6.07, 6.45) is 1.73. The van der Waals surface area contributed by atoms with E-state index < -0.39 is 0 Å².